The number of carbonyl (C=O) groups is 1. The third-order valence-electron chi connectivity index (χ3n) is 6.15. The third kappa shape index (κ3) is 4.00. The van der Waals surface area contributed by atoms with E-state index < -0.39 is 0 Å². The number of ketones is 1. The van der Waals surface area contributed by atoms with Gasteiger partial charge < -0.3 is 28.4 Å². The Balaban J connectivity index is 1.43. The van der Waals surface area contributed by atoms with Crippen LogP contribution in [0.2, 0.25) is 0 Å². The minimum absolute atomic E-state index is 0.169. The first-order chi connectivity index (χ1) is 16.1. The summed E-state index contributed by atoms with van der Waals surface area (Å²) in [5.41, 5.74) is 2.12. The lowest BCUT2D eigenvalue weighted by Crippen LogP contribution is -2.37. The lowest BCUT2D eigenvalue weighted by molar-refractivity contribution is 0.0274. The van der Waals surface area contributed by atoms with Crippen LogP contribution in [0.5, 0.6) is 28.7 Å². The van der Waals surface area contributed by atoms with Crippen molar-refractivity contribution in [2.24, 2.45) is 0 Å². The molecule has 0 unspecified atom stereocenters. The average Bonchev–Trinajstić information content (AvgIpc) is 3.46. The van der Waals surface area contributed by atoms with Crippen molar-refractivity contribution >= 4 is 11.9 Å². The standard InChI is InChI=1S/C25H27NO7/c1-28-21-10-15(11-22(29-2)25(21)30-3)9-20-23(27)17-6-7-19-18(24(17)33-20)13-26(14-32-19)12-16-5-4-8-31-16/h6-7,9-11,16H,4-5,8,12-14H2,1-3H3/b20-9-/t16-/m0/s1. The second kappa shape index (κ2) is 8.96. The Hall–Kier alpha value is -3.23. The van der Waals surface area contributed by atoms with E-state index in [2.05, 4.69) is 4.90 Å². The Bertz CT molecular complexity index is 1080. The van der Waals surface area contributed by atoms with E-state index in [1.54, 1.807) is 45.6 Å². The first-order valence-electron chi connectivity index (χ1n) is 11.0. The molecule has 0 aliphatic carbocycles. The number of Topliss-reactive ketones (excluding diaryl/α,β-unsaturated/α-hetero) is 1. The van der Waals surface area contributed by atoms with E-state index in [0.717, 1.165) is 37.3 Å². The van der Waals surface area contributed by atoms with Crippen molar-refractivity contribution in [3.8, 4) is 28.7 Å². The first-order valence-corrected chi connectivity index (χ1v) is 11.0. The van der Waals surface area contributed by atoms with Gasteiger partial charge in [-0.15, -0.1) is 0 Å². The topological polar surface area (TPSA) is 75.7 Å². The molecule has 2 aromatic carbocycles. The van der Waals surface area contributed by atoms with Gasteiger partial charge in [-0.2, -0.15) is 0 Å². The summed E-state index contributed by atoms with van der Waals surface area (Å²) in [5.74, 6) is 2.88. The highest BCUT2D eigenvalue weighted by Gasteiger charge is 2.34. The zero-order chi connectivity index (χ0) is 22.9. The molecule has 0 aromatic heterocycles. The number of methoxy groups -OCH3 is 3. The maximum atomic E-state index is 13.1. The zero-order valence-electron chi connectivity index (χ0n) is 19.0. The molecule has 3 aliphatic heterocycles. The van der Waals surface area contributed by atoms with Crippen molar-refractivity contribution in [2.75, 3.05) is 41.2 Å². The fourth-order valence-electron chi connectivity index (χ4n) is 4.53. The van der Waals surface area contributed by atoms with Crippen molar-refractivity contribution in [1.29, 1.82) is 0 Å². The number of hydrogen-bond donors (Lipinski definition) is 0. The molecule has 3 aliphatic rings. The van der Waals surface area contributed by atoms with Crippen molar-refractivity contribution in [3.05, 3.63) is 46.7 Å². The van der Waals surface area contributed by atoms with Crippen molar-refractivity contribution in [1.82, 2.24) is 4.90 Å². The zero-order valence-corrected chi connectivity index (χ0v) is 19.0. The van der Waals surface area contributed by atoms with E-state index in [0.29, 0.717) is 47.4 Å². The van der Waals surface area contributed by atoms with Crippen molar-refractivity contribution in [2.45, 2.75) is 25.5 Å². The molecule has 0 radical (unpaired) electrons. The molecule has 33 heavy (non-hydrogen) atoms. The van der Waals surface area contributed by atoms with Crippen LogP contribution in [0.15, 0.2) is 30.0 Å². The number of benzene rings is 2. The molecule has 3 heterocycles. The molecule has 2 aromatic rings. The fraction of sp³-hybridized carbons (Fsp3) is 0.400. The van der Waals surface area contributed by atoms with Gasteiger partial charge in [-0.25, -0.2) is 0 Å². The summed E-state index contributed by atoms with van der Waals surface area (Å²) >= 11 is 0. The minimum Gasteiger partial charge on any atom is -0.493 e. The van der Waals surface area contributed by atoms with Gasteiger partial charge in [0.1, 0.15) is 18.2 Å². The quantitative estimate of drug-likeness (QED) is 0.614. The highest BCUT2D eigenvalue weighted by molar-refractivity contribution is 6.15. The summed E-state index contributed by atoms with van der Waals surface area (Å²) in [6.07, 6.45) is 4.07. The number of carbonyl (C=O) groups excluding carboxylic acids is 1. The number of nitrogens with zero attached hydrogens (tertiary/aromatic N) is 1. The molecule has 1 saturated heterocycles. The molecule has 174 valence electrons. The van der Waals surface area contributed by atoms with Crippen molar-refractivity contribution < 1.29 is 33.2 Å². The third-order valence-corrected chi connectivity index (χ3v) is 6.15. The maximum absolute atomic E-state index is 13.1. The van der Waals surface area contributed by atoms with E-state index in [4.69, 9.17) is 28.4 Å². The molecule has 5 rings (SSSR count). The smallest absolute Gasteiger partial charge is 0.231 e. The predicted octanol–water partition coefficient (Wildman–Crippen LogP) is 3.66. The molecular weight excluding hydrogens is 426 g/mol. The minimum atomic E-state index is -0.169. The summed E-state index contributed by atoms with van der Waals surface area (Å²) in [6.45, 7) is 2.75. The van der Waals surface area contributed by atoms with Gasteiger partial charge in [0.2, 0.25) is 11.5 Å². The van der Waals surface area contributed by atoms with Gasteiger partial charge in [0.25, 0.3) is 0 Å². The SMILES string of the molecule is COc1cc(/C=C2\Oc3c(ccc4c3CN(C[C@@H]3CCCO3)CO4)C2=O)cc(OC)c1OC. The molecule has 0 bridgehead atoms. The van der Waals surface area contributed by atoms with E-state index in [1.807, 2.05) is 6.07 Å². The highest BCUT2D eigenvalue weighted by Crippen LogP contribution is 2.43. The summed E-state index contributed by atoms with van der Waals surface area (Å²) in [6, 6.07) is 7.16. The Morgan fingerprint density at radius 1 is 1.12 bits per heavy atom. The largest absolute Gasteiger partial charge is 0.493 e. The lowest BCUT2D eigenvalue weighted by atomic mass is 10.0. The van der Waals surface area contributed by atoms with Gasteiger partial charge in [-0.1, -0.05) is 0 Å². The lowest BCUT2D eigenvalue weighted by Gasteiger charge is -2.31. The van der Waals surface area contributed by atoms with Gasteiger partial charge in [-0.05, 0) is 48.7 Å². The predicted molar refractivity (Wildman–Crippen MR) is 120 cm³/mol. The van der Waals surface area contributed by atoms with Crippen LogP contribution in [0.1, 0.15) is 34.3 Å². The van der Waals surface area contributed by atoms with E-state index in [-0.39, 0.29) is 17.6 Å². The highest BCUT2D eigenvalue weighted by atomic mass is 16.5. The molecule has 0 N–H and O–H groups in total. The van der Waals surface area contributed by atoms with Gasteiger partial charge in [0, 0.05) is 19.7 Å². The van der Waals surface area contributed by atoms with Gasteiger partial charge in [0.05, 0.1) is 38.6 Å². The van der Waals surface area contributed by atoms with Gasteiger partial charge >= 0.3 is 0 Å². The summed E-state index contributed by atoms with van der Waals surface area (Å²) < 4.78 is 34.1. The molecular formula is C25H27NO7. The molecule has 1 atom stereocenters. The number of fused-ring (bicyclic) bond motifs is 3. The van der Waals surface area contributed by atoms with Crippen LogP contribution < -0.4 is 23.7 Å². The normalized spacial score (nSPS) is 20.8. The molecule has 0 spiro atoms. The van der Waals surface area contributed by atoms with Crippen LogP contribution in [0.3, 0.4) is 0 Å². The molecule has 0 amide bonds. The molecule has 1 fully saturated rings. The second-order valence-electron chi connectivity index (χ2n) is 8.24. The fourth-order valence-corrected chi connectivity index (χ4v) is 4.53. The summed E-state index contributed by atoms with van der Waals surface area (Å²) in [5, 5.41) is 0. The Morgan fingerprint density at radius 2 is 1.91 bits per heavy atom. The van der Waals surface area contributed by atoms with Crippen molar-refractivity contribution in [3.63, 3.8) is 0 Å². The number of rotatable bonds is 6. The van der Waals surface area contributed by atoms with E-state index in [9.17, 15) is 4.79 Å². The Kier molecular flexibility index (Phi) is 5.86. The second-order valence-corrected chi connectivity index (χ2v) is 8.24. The van der Waals surface area contributed by atoms with Gasteiger partial charge in [-0.3, -0.25) is 9.69 Å². The molecule has 8 heteroatoms. The number of hydrogen-bond acceptors (Lipinski definition) is 8. The van der Waals surface area contributed by atoms with E-state index >= 15 is 0 Å². The van der Waals surface area contributed by atoms with E-state index in [1.165, 1.54) is 0 Å². The van der Waals surface area contributed by atoms with Crippen LogP contribution in [0.25, 0.3) is 6.08 Å². The monoisotopic (exact) mass is 453 g/mol. The van der Waals surface area contributed by atoms with Crippen LogP contribution in [0.4, 0.5) is 0 Å². The van der Waals surface area contributed by atoms with Gasteiger partial charge in [0.15, 0.2) is 17.3 Å². The van der Waals surface area contributed by atoms with Crippen LogP contribution in [0, 0.1) is 0 Å². The first kappa shape index (κ1) is 21.6. The molecule has 0 saturated carbocycles. The average molecular weight is 453 g/mol. The Morgan fingerprint density at radius 3 is 2.58 bits per heavy atom. The molecule has 8 nitrogen and oxygen atoms in total. The number of allylic oxidation sites excluding steroid dienone is 1. The van der Waals surface area contributed by atoms with Crippen LogP contribution in [-0.2, 0) is 11.3 Å². The van der Waals surface area contributed by atoms with Crippen LogP contribution >= 0.6 is 0 Å². The summed E-state index contributed by atoms with van der Waals surface area (Å²) in [7, 11) is 4.65. The Labute approximate surface area is 192 Å². The number of ether oxygens (including phenoxy) is 6. The maximum Gasteiger partial charge on any atom is 0.231 e. The van der Waals surface area contributed by atoms with Crippen LogP contribution in [-0.4, -0.2) is 58.0 Å². The summed E-state index contributed by atoms with van der Waals surface area (Å²) in [4.78, 5) is 15.3.